The first-order chi connectivity index (χ1) is 9.95. The molecule has 2 nitrogen and oxygen atoms in total. The summed E-state index contributed by atoms with van der Waals surface area (Å²) in [6, 6.07) is 11.6. The Balaban J connectivity index is 1.94. The molecule has 0 aliphatic rings. The van der Waals surface area contributed by atoms with Gasteiger partial charge in [-0.1, -0.05) is 41.0 Å². The molecule has 0 saturated heterocycles. The molecular weight excluding hydrogens is 303 g/mol. The minimum absolute atomic E-state index is 0.184. The Morgan fingerprint density at radius 1 is 1.10 bits per heavy atom. The van der Waals surface area contributed by atoms with Gasteiger partial charge in [-0.05, 0) is 29.8 Å². The molecule has 1 radical (unpaired) electrons. The zero-order valence-electron chi connectivity index (χ0n) is 10.7. The molecule has 2 rings (SSSR count). The number of benzene rings is 2. The predicted octanol–water partition coefficient (Wildman–Crippen LogP) is 4.79. The van der Waals surface area contributed by atoms with E-state index >= 15 is 0 Å². The van der Waals surface area contributed by atoms with Gasteiger partial charge >= 0.3 is 6.18 Å². The summed E-state index contributed by atoms with van der Waals surface area (Å²) in [7, 11) is 0. The van der Waals surface area contributed by atoms with Crippen molar-refractivity contribution in [1.82, 2.24) is 0 Å². The summed E-state index contributed by atoms with van der Waals surface area (Å²) in [5.41, 5.74) is 0.287. The van der Waals surface area contributed by atoms with Crippen molar-refractivity contribution in [3.63, 3.8) is 0 Å². The summed E-state index contributed by atoms with van der Waals surface area (Å²) in [6.45, 7) is 0.184. The smallest absolute Gasteiger partial charge is 0.390 e. The average Bonchev–Trinajstić information content (AvgIpc) is 2.45. The van der Waals surface area contributed by atoms with E-state index in [0.717, 1.165) is 17.7 Å². The molecule has 21 heavy (non-hydrogen) atoms. The highest BCUT2D eigenvalue weighted by molar-refractivity contribution is 6.30. The Morgan fingerprint density at radius 2 is 1.81 bits per heavy atom. The largest absolute Gasteiger partial charge is 0.416 e. The topological polar surface area (TPSA) is 21.6 Å². The van der Waals surface area contributed by atoms with E-state index in [4.69, 9.17) is 16.4 Å². The maximum absolute atomic E-state index is 12.5. The van der Waals surface area contributed by atoms with Crippen LogP contribution >= 0.6 is 11.6 Å². The lowest BCUT2D eigenvalue weighted by atomic mass is 10.1. The average molecular weight is 313 g/mol. The molecule has 0 aromatic heterocycles. The van der Waals surface area contributed by atoms with Crippen molar-refractivity contribution in [2.45, 2.75) is 12.8 Å². The van der Waals surface area contributed by atoms with Gasteiger partial charge in [-0.25, -0.2) is 0 Å². The quantitative estimate of drug-likeness (QED) is 0.588. The van der Waals surface area contributed by atoms with E-state index in [1.807, 2.05) is 0 Å². The number of alkyl halides is 3. The van der Waals surface area contributed by atoms with Crippen molar-refractivity contribution < 1.29 is 18.0 Å². The molecule has 0 unspecified atom stereocenters. The van der Waals surface area contributed by atoms with Crippen molar-refractivity contribution >= 4 is 17.8 Å². The minimum atomic E-state index is -4.39. The first-order valence-electron chi connectivity index (χ1n) is 5.95. The Morgan fingerprint density at radius 3 is 2.48 bits per heavy atom. The second kappa shape index (κ2) is 6.63. The molecule has 0 amide bonds. The van der Waals surface area contributed by atoms with Gasteiger partial charge in [-0.2, -0.15) is 13.2 Å². The van der Waals surface area contributed by atoms with Crippen molar-refractivity contribution in [1.29, 1.82) is 0 Å². The number of rotatable bonds is 4. The van der Waals surface area contributed by atoms with Gasteiger partial charge in [0.25, 0.3) is 0 Å². The fraction of sp³-hybridized carbons (Fsp3) is 0.133. The van der Waals surface area contributed by atoms with Crippen molar-refractivity contribution in [2.24, 2.45) is 5.16 Å². The highest BCUT2D eigenvalue weighted by Gasteiger charge is 2.30. The maximum atomic E-state index is 12.5. The van der Waals surface area contributed by atoms with Crippen LogP contribution in [0.1, 0.15) is 16.7 Å². The summed E-state index contributed by atoms with van der Waals surface area (Å²) < 4.78 is 37.5. The van der Waals surface area contributed by atoms with Crippen LogP contribution in [-0.2, 0) is 17.6 Å². The SMILES string of the molecule is FC(F)(F)c1cccc(/[C]=N\OCc2ccc(Cl)cc2)c1. The number of hydrogen-bond acceptors (Lipinski definition) is 2. The second-order valence-electron chi connectivity index (χ2n) is 4.18. The van der Waals surface area contributed by atoms with Crippen LogP contribution in [0.3, 0.4) is 0 Å². The highest BCUT2D eigenvalue weighted by Crippen LogP contribution is 2.29. The number of hydrogen-bond donors (Lipinski definition) is 0. The molecule has 0 fully saturated rings. The normalized spacial score (nSPS) is 11.8. The lowest BCUT2D eigenvalue weighted by Gasteiger charge is -2.06. The summed E-state index contributed by atoms with van der Waals surface area (Å²) in [6.07, 6.45) is -1.97. The summed E-state index contributed by atoms with van der Waals surface area (Å²) in [5.74, 6) is 0. The van der Waals surface area contributed by atoms with E-state index in [1.165, 1.54) is 12.1 Å². The Labute approximate surface area is 124 Å². The zero-order valence-corrected chi connectivity index (χ0v) is 11.4. The van der Waals surface area contributed by atoms with E-state index in [1.54, 1.807) is 24.3 Å². The van der Waals surface area contributed by atoms with Crippen LogP contribution in [-0.4, -0.2) is 6.21 Å². The molecular formula is C15H10ClF3NO. The molecule has 2 aromatic carbocycles. The molecule has 0 N–H and O–H groups in total. The van der Waals surface area contributed by atoms with Gasteiger partial charge in [0.15, 0.2) is 0 Å². The van der Waals surface area contributed by atoms with Crippen LogP contribution in [0.25, 0.3) is 0 Å². The lowest BCUT2D eigenvalue weighted by Crippen LogP contribution is -2.05. The van der Waals surface area contributed by atoms with Crippen molar-refractivity contribution in [3.8, 4) is 0 Å². The van der Waals surface area contributed by atoms with Gasteiger partial charge in [0, 0.05) is 10.6 Å². The number of nitrogens with zero attached hydrogens (tertiary/aromatic N) is 1. The van der Waals surface area contributed by atoms with Gasteiger partial charge in [-0.3, -0.25) is 0 Å². The fourth-order valence-electron chi connectivity index (χ4n) is 1.54. The van der Waals surface area contributed by atoms with E-state index in [-0.39, 0.29) is 12.2 Å². The lowest BCUT2D eigenvalue weighted by molar-refractivity contribution is -0.137. The molecule has 6 heteroatoms. The monoisotopic (exact) mass is 312 g/mol. The van der Waals surface area contributed by atoms with Crippen LogP contribution < -0.4 is 0 Å². The van der Waals surface area contributed by atoms with Gasteiger partial charge < -0.3 is 4.84 Å². The molecule has 0 heterocycles. The zero-order chi connectivity index (χ0) is 15.3. The third-order valence-corrected chi connectivity index (χ3v) is 2.83. The molecule has 0 bridgehead atoms. The molecule has 109 valence electrons. The third-order valence-electron chi connectivity index (χ3n) is 2.57. The van der Waals surface area contributed by atoms with Crippen LogP contribution in [0, 0.1) is 0 Å². The third kappa shape index (κ3) is 4.79. The van der Waals surface area contributed by atoms with E-state index in [9.17, 15) is 13.2 Å². The Hall–Kier alpha value is -2.01. The summed E-state index contributed by atoms with van der Waals surface area (Å²) >= 11 is 5.74. The van der Waals surface area contributed by atoms with E-state index < -0.39 is 11.7 Å². The first kappa shape index (κ1) is 15.4. The standard InChI is InChI=1S/C15H10ClF3NO/c16-14-6-4-11(5-7-14)10-21-20-9-12-2-1-3-13(8-12)15(17,18)19/h1-8H,10H2. The van der Waals surface area contributed by atoms with Crippen molar-refractivity contribution in [3.05, 3.63) is 70.2 Å². The van der Waals surface area contributed by atoms with E-state index in [0.29, 0.717) is 5.02 Å². The number of halogens is 4. The van der Waals surface area contributed by atoms with Crippen LogP contribution in [0.15, 0.2) is 53.7 Å². The maximum Gasteiger partial charge on any atom is 0.416 e. The van der Waals surface area contributed by atoms with Gasteiger partial charge in [0.05, 0.1) is 5.56 Å². The highest BCUT2D eigenvalue weighted by atomic mass is 35.5. The predicted molar refractivity (Wildman–Crippen MR) is 74.2 cm³/mol. The molecule has 0 atom stereocenters. The molecule has 2 aromatic rings. The molecule has 0 aliphatic heterocycles. The van der Waals surface area contributed by atoms with Gasteiger partial charge in [0.1, 0.15) is 12.8 Å². The molecule has 0 saturated carbocycles. The van der Waals surface area contributed by atoms with E-state index in [2.05, 4.69) is 11.4 Å². The fourth-order valence-corrected chi connectivity index (χ4v) is 1.66. The van der Waals surface area contributed by atoms with Crippen LogP contribution in [0.4, 0.5) is 13.2 Å². The van der Waals surface area contributed by atoms with Crippen LogP contribution in [0.5, 0.6) is 0 Å². The minimum Gasteiger partial charge on any atom is -0.390 e. The molecule has 0 aliphatic carbocycles. The first-order valence-corrected chi connectivity index (χ1v) is 6.33. The Bertz CT molecular complexity index is 624. The summed E-state index contributed by atoms with van der Waals surface area (Å²) in [5, 5.41) is 4.14. The van der Waals surface area contributed by atoms with Crippen molar-refractivity contribution in [2.75, 3.05) is 0 Å². The second-order valence-corrected chi connectivity index (χ2v) is 4.62. The molecule has 0 spiro atoms. The van der Waals surface area contributed by atoms with Gasteiger partial charge in [0.2, 0.25) is 0 Å². The van der Waals surface area contributed by atoms with Gasteiger partial charge in [-0.15, -0.1) is 0 Å². The van der Waals surface area contributed by atoms with Crippen LogP contribution in [0.2, 0.25) is 5.02 Å². The summed E-state index contributed by atoms with van der Waals surface area (Å²) in [4.78, 5) is 4.98. The Kier molecular flexibility index (Phi) is 4.85.